The molecular weight excluding hydrogens is 476 g/mol. The second kappa shape index (κ2) is 11.6. The Kier molecular flexibility index (Phi) is 8.83. The zero-order chi connectivity index (χ0) is 23.8. The van der Waals surface area contributed by atoms with Gasteiger partial charge in [0.2, 0.25) is 5.91 Å². The van der Waals surface area contributed by atoms with E-state index < -0.39 is 10.0 Å². The highest BCUT2D eigenvalue weighted by atomic mass is 35.5. The maximum absolute atomic E-state index is 13.3. The zero-order valence-corrected chi connectivity index (χ0v) is 21.0. The summed E-state index contributed by atoms with van der Waals surface area (Å²) in [5.41, 5.74) is 3.79. The van der Waals surface area contributed by atoms with Gasteiger partial charge in [-0.3, -0.25) is 9.10 Å². The Morgan fingerprint density at radius 1 is 0.970 bits per heavy atom. The summed E-state index contributed by atoms with van der Waals surface area (Å²) in [6.45, 7) is 4.08. The van der Waals surface area contributed by atoms with E-state index >= 15 is 0 Å². The van der Waals surface area contributed by atoms with Gasteiger partial charge in [-0.05, 0) is 55.8 Å². The summed E-state index contributed by atoms with van der Waals surface area (Å²) in [6, 6.07) is 21.3. The number of carbonyl (C=O) groups is 1. The van der Waals surface area contributed by atoms with E-state index in [2.05, 4.69) is 30.4 Å². The standard InChI is InChI=1S/C25H27ClN2O3S2/c1-19-6-12-24(13-7-19)33(30,31)28(23-10-8-22(26)9-11-23)17-25(29)27-14-15-32-18-21-5-3-4-20(2)16-21/h3-13,16H,14-15,17-18H2,1-2H3,(H,27,29). The van der Waals surface area contributed by atoms with Gasteiger partial charge in [0.25, 0.3) is 10.0 Å². The molecule has 0 heterocycles. The molecule has 3 rings (SSSR count). The van der Waals surface area contributed by atoms with Crippen molar-refractivity contribution in [3.8, 4) is 0 Å². The number of benzene rings is 3. The van der Waals surface area contributed by atoms with Gasteiger partial charge in [-0.15, -0.1) is 0 Å². The molecule has 0 radical (unpaired) electrons. The Bertz CT molecular complexity index is 1180. The van der Waals surface area contributed by atoms with Crippen LogP contribution in [0.4, 0.5) is 5.69 Å². The summed E-state index contributed by atoms with van der Waals surface area (Å²) in [5, 5.41) is 3.32. The first-order chi connectivity index (χ1) is 15.8. The van der Waals surface area contributed by atoms with Gasteiger partial charge in [0.15, 0.2) is 0 Å². The largest absolute Gasteiger partial charge is 0.354 e. The fourth-order valence-electron chi connectivity index (χ4n) is 3.20. The Hall–Kier alpha value is -2.48. The van der Waals surface area contributed by atoms with Gasteiger partial charge in [-0.25, -0.2) is 8.42 Å². The fraction of sp³-hybridized carbons (Fsp3) is 0.240. The Balaban J connectivity index is 1.64. The number of hydrogen-bond donors (Lipinski definition) is 1. The first-order valence-electron chi connectivity index (χ1n) is 10.5. The summed E-state index contributed by atoms with van der Waals surface area (Å²) in [7, 11) is -3.93. The molecule has 33 heavy (non-hydrogen) atoms. The molecule has 0 spiro atoms. The minimum atomic E-state index is -3.93. The maximum Gasteiger partial charge on any atom is 0.264 e. The van der Waals surface area contributed by atoms with Crippen molar-refractivity contribution in [1.29, 1.82) is 0 Å². The van der Waals surface area contributed by atoms with Crippen LogP contribution in [0.2, 0.25) is 5.02 Å². The molecule has 0 aliphatic carbocycles. The van der Waals surface area contributed by atoms with Crippen LogP contribution in [0.3, 0.4) is 0 Å². The van der Waals surface area contributed by atoms with Gasteiger partial charge in [0.05, 0.1) is 10.6 Å². The molecule has 0 saturated heterocycles. The highest BCUT2D eigenvalue weighted by Gasteiger charge is 2.27. The molecule has 0 atom stereocenters. The number of nitrogens with one attached hydrogen (secondary N) is 1. The van der Waals surface area contributed by atoms with Gasteiger partial charge in [0.1, 0.15) is 6.54 Å². The minimum absolute atomic E-state index is 0.129. The van der Waals surface area contributed by atoms with Crippen molar-refractivity contribution in [3.63, 3.8) is 0 Å². The second-order valence-electron chi connectivity index (χ2n) is 7.69. The van der Waals surface area contributed by atoms with Crippen LogP contribution < -0.4 is 9.62 Å². The number of rotatable bonds is 10. The predicted octanol–water partition coefficient (Wildman–Crippen LogP) is 5.20. The Morgan fingerprint density at radius 2 is 1.67 bits per heavy atom. The van der Waals surface area contributed by atoms with Gasteiger partial charge < -0.3 is 5.32 Å². The summed E-state index contributed by atoms with van der Waals surface area (Å²) >= 11 is 7.69. The van der Waals surface area contributed by atoms with Crippen LogP contribution in [-0.4, -0.2) is 33.2 Å². The van der Waals surface area contributed by atoms with Crippen molar-refractivity contribution in [1.82, 2.24) is 5.32 Å². The van der Waals surface area contributed by atoms with Gasteiger partial charge >= 0.3 is 0 Å². The number of amides is 1. The van der Waals surface area contributed by atoms with E-state index in [0.29, 0.717) is 17.3 Å². The quantitative estimate of drug-likeness (QED) is 0.387. The monoisotopic (exact) mass is 502 g/mol. The molecular formula is C25H27ClN2O3S2. The average molecular weight is 503 g/mol. The lowest BCUT2D eigenvalue weighted by Gasteiger charge is -2.24. The van der Waals surface area contributed by atoms with Crippen LogP contribution in [0.5, 0.6) is 0 Å². The lowest BCUT2D eigenvalue weighted by molar-refractivity contribution is -0.119. The molecule has 0 bridgehead atoms. The molecule has 0 fully saturated rings. The van der Waals surface area contributed by atoms with Crippen LogP contribution in [0, 0.1) is 13.8 Å². The first-order valence-corrected chi connectivity index (χ1v) is 13.5. The average Bonchev–Trinajstić information content (AvgIpc) is 2.78. The Labute approximate surface area is 205 Å². The van der Waals surface area contributed by atoms with Crippen molar-refractivity contribution in [2.24, 2.45) is 0 Å². The number of halogens is 1. The summed E-state index contributed by atoms with van der Waals surface area (Å²) in [5.74, 6) is 1.22. The van der Waals surface area contributed by atoms with Gasteiger partial charge in [0, 0.05) is 23.1 Å². The van der Waals surface area contributed by atoms with Crippen LogP contribution in [-0.2, 0) is 20.6 Å². The molecule has 1 N–H and O–H groups in total. The van der Waals surface area contributed by atoms with E-state index in [1.807, 2.05) is 13.0 Å². The molecule has 174 valence electrons. The number of sulfonamides is 1. The number of nitrogens with zero attached hydrogens (tertiary/aromatic N) is 1. The van der Waals surface area contributed by atoms with Crippen LogP contribution in [0.15, 0.2) is 77.7 Å². The molecule has 5 nitrogen and oxygen atoms in total. The van der Waals surface area contributed by atoms with Gasteiger partial charge in [-0.1, -0.05) is 59.1 Å². The fourth-order valence-corrected chi connectivity index (χ4v) is 5.55. The Morgan fingerprint density at radius 3 is 2.33 bits per heavy atom. The van der Waals surface area contributed by atoms with Crippen LogP contribution in [0.25, 0.3) is 0 Å². The smallest absolute Gasteiger partial charge is 0.264 e. The minimum Gasteiger partial charge on any atom is -0.354 e. The number of aryl methyl sites for hydroxylation is 2. The third-order valence-corrected chi connectivity index (χ3v) is 8.00. The number of hydrogen-bond acceptors (Lipinski definition) is 4. The van der Waals surface area contributed by atoms with Crippen molar-refractivity contribution in [3.05, 3.63) is 94.5 Å². The van der Waals surface area contributed by atoms with E-state index in [9.17, 15) is 13.2 Å². The second-order valence-corrected chi connectivity index (χ2v) is 11.1. The van der Waals surface area contributed by atoms with Crippen LogP contribution in [0.1, 0.15) is 16.7 Å². The van der Waals surface area contributed by atoms with Crippen molar-refractivity contribution >= 4 is 45.0 Å². The molecule has 3 aromatic rings. The van der Waals surface area contributed by atoms with Crippen molar-refractivity contribution < 1.29 is 13.2 Å². The number of carbonyl (C=O) groups excluding carboxylic acids is 1. The first kappa shape index (κ1) is 25.1. The molecule has 0 aromatic heterocycles. The van der Waals surface area contributed by atoms with E-state index in [4.69, 9.17) is 11.6 Å². The van der Waals surface area contributed by atoms with E-state index in [1.165, 1.54) is 11.1 Å². The molecule has 8 heteroatoms. The highest BCUT2D eigenvalue weighted by Crippen LogP contribution is 2.25. The van der Waals surface area contributed by atoms with E-state index in [-0.39, 0.29) is 17.3 Å². The lowest BCUT2D eigenvalue weighted by Crippen LogP contribution is -2.41. The van der Waals surface area contributed by atoms with E-state index in [1.54, 1.807) is 60.3 Å². The highest BCUT2D eigenvalue weighted by molar-refractivity contribution is 7.98. The summed E-state index contributed by atoms with van der Waals surface area (Å²) in [6.07, 6.45) is 0. The molecule has 0 saturated carbocycles. The molecule has 0 aliphatic rings. The SMILES string of the molecule is Cc1ccc(S(=O)(=O)N(CC(=O)NCCSCc2cccc(C)c2)c2ccc(Cl)cc2)cc1. The number of thioether (sulfide) groups is 1. The third-order valence-electron chi connectivity index (χ3n) is 4.93. The third kappa shape index (κ3) is 7.25. The molecule has 0 aliphatic heterocycles. The zero-order valence-electron chi connectivity index (χ0n) is 18.6. The molecule has 3 aromatic carbocycles. The summed E-state index contributed by atoms with van der Waals surface area (Å²) in [4.78, 5) is 12.8. The lowest BCUT2D eigenvalue weighted by atomic mass is 10.2. The normalized spacial score (nSPS) is 11.2. The van der Waals surface area contributed by atoms with Crippen LogP contribution >= 0.6 is 23.4 Å². The van der Waals surface area contributed by atoms with E-state index in [0.717, 1.165) is 21.4 Å². The topological polar surface area (TPSA) is 66.5 Å². The number of anilines is 1. The molecule has 0 unspecified atom stereocenters. The summed E-state index contributed by atoms with van der Waals surface area (Å²) < 4.78 is 27.8. The predicted molar refractivity (Wildman–Crippen MR) is 138 cm³/mol. The van der Waals surface area contributed by atoms with Gasteiger partial charge in [-0.2, -0.15) is 11.8 Å². The molecule has 1 amide bonds. The maximum atomic E-state index is 13.3. The van der Waals surface area contributed by atoms with Crippen molar-refractivity contribution in [2.45, 2.75) is 24.5 Å². The van der Waals surface area contributed by atoms with Crippen molar-refractivity contribution in [2.75, 3.05) is 23.1 Å².